The lowest BCUT2D eigenvalue weighted by Crippen LogP contribution is -2.54. The third-order valence-electron chi connectivity index (χ3n) is 3.76. The smallest absolute Gasteiger partial charge is 0.427 e. The maximum absolute atomic E-state index is 12.6. The summed E-state index contributed by atoms with van der Waals surface area (Å²) in [6.07, 6.45) is -3.78. The summed E-state index contributed by atoms with van der Waals surface area (Å²) in [6, 6.07) is -2.88. The highest BCUT2D eigenvalue weighted by molar-refractivity contribution is 7.87. The number of halogens is 3. The van der Waals surface area contributed by atoms with Crippen LogP contribution in [0.15, 0.2) is 0 Å². The fourth-order valence-electron chi connectivity index (χ4n) is 2.42. The highest BCUT2D eigenvalue weighted by Gasteiger charge is 2.44. The van der Waals surface area contributed by atoms with E-state index in [-0.39, 0.29) is 25.3 Å². The van der Waals surface area contributed by atoms with E-state index in [0.717, 1.165) is 4.31 Å². The molecule has 0 aromatic carbocycles. The SMILES string of the molecule is NC[C@H](NS(=O)(=O)N1C[C@H](CCCB(O)O)[C@@H](N)C1)C(F)(F)F. The number of hydrogen-bond acceptors (Lipinski definition) is 6. The van der Waals surface area contributed by atoms with Crippen molar-refractivity contribution in [3.05, 3.63) is 0 Å². The monoisotopic (exact) mass is 362 g/mol. The minimum absolute atomic E-state index is 0.0207. The normalized spacial score (nSPS) is 24.8. The van der Waals surface area contributed by atoms with Crippen molar-refractivity contribution < 1.29 is 31.6 Å². The van der Waals surface area contributed by atoms with Crippen molar-refractivity contribution in [2.75, 3.05) is 19.6 Å². The van der Waals surface area contributed by atoms with Crippen LogP contribution < -0.4 is 16.2 Å². The van der Waals surface area contributed by atoms with Crippen LogP contribution in [0, 0.1) is 5.92 Å². The number of alkyl halides is 3. The first kappa shape index (κ1) is 20.6. The topological polar surface area (TPSA) is 142 Å². The molecule has 1 heterocycles. The Morgan fingerprint density at radius 3 is 2.43 bits per heavy atom. The van der Waals surface area contributed by atoms with Gasteiger partial charge in [-0.3, -0.25) is 0 Å². The maximum Gasteiger partial charge on any atom is 0.451 e. The average molecular weight is 362 g/mol. The van der Waals surface area contributed by atoms with Gasteiger partial charge in [0.15, 0.2) is 0 Å². The molecule has 136 valence electrons. The van der Waals surface area contributed by atoms with Gasteiger partial charge in [-0.15, -0.1) is 0 Å². The molecular formula is C10H22BF3N4O4S. The van der Waals surface area contributed by atoms with Crippen molar-refractivity contribution in [2.45, 2.75) is 37.4 Å². The number of nitrogens with two attached hydrogens (primary N) is 2. The van der Waals surface area contributed by atoms with Crippen molar-refractivity contribution in [2.24, 2.45) is 17.4 Å². The van der Waals surface area contributed by atoms with Crippen LogP contribution >= 0.6 is 0 Å². The van der Waals surface area contributed by atoms with Gasteiger partial charge in [-0.2, -0.15) is 30.6 Å². The van der Waals surface area contributed by atoms with Crippen LogP contribution in [0.1, 0.15) is 12.8 Å². The second-order valence-electron chi connectivity index (χ2n) is 5.61. The Labute approximate surface area is 133 Å². The van der Waals surface area contributed by atoms with Crippen LogP contribution in [0.25, 0.3) is 0 Å². The Kier molecular flexibility index (Phi) is 7.25. The van der Waals surface area contributed by atoms with E-state index < -0.39 is 42.1 Å². The van der Waals surface area contributed by atoms with Gasteiger partial charge in [-0.1, -0.05) is 6.42 Å². The van der Waals surface area contributed by atoms with Gasteiger partial charge in [0, 0.05) is 25.7 Å². The van der Waals surface area contributed by atoms with Crippen LogP contribution in [0.2, 0.25) is 6.32 Å². The first-order valence-corrected chi connectivity index (χ1v) is 8.57. The Morgan fingerprint density at radius 1 is 1.35 bits per heavy atom. The minimum Gasteiger partial charge on any atom is -0.427 e. The third-order valence-corrected chi connectivity index (χ3v) is 5.32. The minimum atomic E-state index is -4.78. The van der Waals surface area contributed by atoms with Gasteiger partial charge >= 0.3 is 13.3 Å². The standard InChI is InChI=1S/C10H22BF3N4O4S/c12-10(13,14)9(4-15)17-23(21,22)18-5-7(8(16)6-18)2-1-3-11(19)20/h7-9,17,19-20H,1-6,15-16H2/t7-,8-,9-/m0/s1. The molecule has 0 aromatic rings. The van der Waals surface area contributed by atoms with Crippen molar-refractivity contribution in [3.8, 4) is 0 Å². The molecule has 0 amide bonds. The Bertz CT molecular complexity index is 479. The summed E-state index contributed by atoms with van der Waals surface area (Å²) >= 11 is 0. The predicted molar refractivity (Wildman–Crippen MR) is 78.2 cm³/mol. The summed E-state index contributed by atoms with van der Waals surface area (Å²) in [5.41, 5.74) is 10.8. The van der Waals surface area contributed by atoms with Gasteiger partial charge in [0.05, 0.1) is 0 Å². The first-order chi connectivity index (χ1) is 10.5. The average Bonchev–Trinajstić information content (AvgIpc) is 2.77. The molecule has 0 aliphatic carbocycles. The molecule has 0 spiro atoms. The van der Waals surface area contributed by atoms with Crippen molar-refractivity contribution >= 4 is 17.3 Å². The van der Waals surface area contributed by atoms with E-state index in [2.05, 4.69) is 0 Å². The van der Waals surface area contributed by atoms with Crippen molar-refractivity contribution in [1.82, 2.24) is 9.03 Å². The Hall–Kier alpha value is -0.435. The van der Waals surface area contributed by atoms with Crippen LogP contribution in [-0.2, 0) is 10.2 Å². The summed E-state index contributed by atoms with van der Waals surface area (Å²) < 4.78 is 64.4. The number of rotatable bonds is 8. The first-order valence-electron chi connectivity index (χ1n) is 7.13. The summed E-state index contributed by atoms with van der Waals surface area (Å²) in [4.78, 5) is 0. The molecule has 7 N–H and O–H groups in total. The Morgan fingerprint density at radius 2 is 1.96 bits per heavy atom. The zero-order valence-electron chi connectivity index (χ0n) is 12.4. The summed E-state index contributed by atoms with van der Waals surface area (Å²) in [5.74, 6) is -0.257. The van der Waals surface area contributed by atoms with E-state index in [4.69, 9.17) is 21.5 Å². The van der Waals surface area contributed by atoms with Gasteiger partial charge in [0.2, 0.25) is 0 Å². The number of nitrogens with one attached hydrogen (secondary N) is 1. The predicted octanol–water partition coefficient (Wildman–Crippen LogP) is -1.78. The van der Waals surface area contributed by atoms with Crippen molar-refractivity contribution in [1.29, 1.82) is 0 Å². The van der Waals surface area contributed by atoms with Gasteiger partial charge in [0.1, 0.15) is 6.04 Å². The molecule has 1 fully saturated rings. The lowest BCUT2D eigenvalue weighted by atomic mass is 9.82. The molecule has 13 heteroatoms. The molecule has 0 aromatic heterocycles. The molecule has 23 heavy (non-hydrogen) atoms. The van der Waals surface area contributed by atoms with Gasteiger partial charge < -0.3 is 21.5 Å². The third kappa shape index (κ3) is 6.17. The summed E-state index contributed by atoms with van der Waals surface area (Å²) in [6.45, 7) is -1.02. The van der Waals surface area contributed by atoms with Crippen LogP contribution in [0.3, 0.4) is 0 Å². The Balaban J connectivity index is 2.64. The molecule has 0 saturated carbocycles. The lowest BCUT2D eigenvalue weighted by molar-refractivity contribution is -0.149. The van der Waals surface area contributed by atoms with Crippen molar-refractivity contribution in [3.63, 3.8) is 0 Å². The molecule has 1 rings (SSSR count). The largest absolute Gasteiger partial charge is 0.451 e. The van der Waals surface area contributed by atoms with Gasteiger partial charge in [-0.25, -0.2) is 0 Å². The maximum atomic E-state index is 12.6. The molecule has 1 aliphatic rings. The molecule has 0 radical (unpaired) electrons. The fourth-order valence-corrected chi connectivity index (χ4v) is 3.92. The van der Waals surface area contributed by atoms with E-state index in [1.54, 1.807) is 4.72 Å². The quantitative estimate of drug-likeness (QED) is 0.323. The highest BCUT2D eigenvalue weighted by atomic mass is 32.2. The molecule has 8 nitrogen and oxygen atoms in total. The molecule has 1 aliphatic heterocycles. The molecule has 0 bridgehead atoms. The number of hydrogen-bond donors (Lipinski definition) is 5. The highest BCUT2D eigenvalue weighted by Crippen LogP contribution is 2.25. The second-order valence-corrected chi connectivity index (χ2v) is 7.31. The van der Waals surface area contributed by atoms with Crippen LogP contribution in [0.4, 0.5) is 13.2 Å². The summed E-state index contributed by atoms with van der Waals surface area (Å²) in [5, 5.41) is 17.5. The molecular weight excluding hydrogens is 340 g/mol. The van der Waals surface area contributed by atoms with Gasteiger partial charge in [0.25, 0.3) is 10.2 Å². The second kappa shape index (κ2) is 8.10. The van der Waals surface area contributed by atoms with Crippen LogP contribution in [0.5, 0.6) is 0 Å². The lowest BCUT2D eigenvalue weighted by Gasteiger charge is -2.23. The summed E-state index contributed by atoms with van der Waals surface area (Å²) in [7, 11) is -5.81. The fraction of sp³-hybridized carbons (Fsp3) is 1.00. The van der Waals surface area contributed by atoms with Gasteiger partial charge in [-0.05, 0) is 18.7 Å². The molecule has 3 atom stereocenters. The number of nitrogens with zero attached hydrogens (tertiary/aromatic N) is 1. The zero-order chi connectivity index (χ0) is 17.8. The zero-order valence-corrected chi connectivity index (χ0v) is 13.2. The van der Waals surface area contributed by atoms with E-state index in [1.807, 2.05) is 0 Å². The van der Waals surface area contributed by atoms with E-state index in [0.29, 0.717) is 12.8 Å². The molecule has 1 saturated heterocycles. The molecule has 0 unspecified atom stereocenters. The van der Waals surface area contributed by atoms with Crippen LogP contribution in [-0.4, -0.2) is 67.8 Å². The van der Waals surface area contributed by atoms with E-state index >= 15 is 0 Å². The van der Waals surface area contributed by atoms with E-state index in [9.17, 15) is 21.6 Å². The van der Waals surface area contributed by atoms with E-state index in [1.165, 1.54) is 0 Å².